The molecule has 2 aliphatic rings. The molecule has 47 heavy (non-hydrogen) atoms. The lowest BCUT2D eigenvalue weighted by molar-refractivity contribution is -0.260. The molecule has 1 aromatic heterocycles. The molecule has 3 heterocycles. The van der Waals surface area contributed by atoms with Gasteiger partial charge in [-0.15, -0.1) is 22.9 Å². The summed E-state index contributed by atoms with van der Waals surface area (Å²) in [5, 5.41) is 21.0. The number of aromatic nitrogens is 1. The molecule has 2 saturated heterocycles. The van der Waals surface area contributed by atoms with Gasteiger partial charge in [0.25, 0.3) is 11.8 Å². The molecule has 0 radical (unpaired) electrons. The van der Waals surface area contributed by atoms with Crippen LogP contribution in [0, 0.1) is 0 Å². The van der Waals surface area contributed by atoms with Crippen LogP contribution in [0.25, 0.3) is 0 Å². The maximum absolute atomic E-state index is 14.0. The quantitative estimate of drug-likeness (QED) is 0.109. The monoisotopic (exact) mass is 685 g/mol. The third kappa shape index (κ3) is 6.80. The summed E-state index contributed by atoms with van der Waals surface area (Å²) in [6, 6.07) is 17.6. The van der Waals surface area contributed by atoms with Crippen molar-refractivity contribution in [3.8, 4) is 0 Å². The van der Waals surface area contributed by atoms with E-state index in [0.717, 1.165) is 11.3 Å². The molecule has 0 aliphatic carbocycles. The Morgan fingerprint density at radius 3 is 2.34 bits per heavy atom. The molecule has 2 atom stereocenters. The summed E-state index contributed by atoms with van der Waals surface area (Å²) >= 11 is 6.48. The summed E-state index contributed by atoms with van der Waals surface area (Å²) in [5.74, 6) is -4.88. The van der Waals surface area contributed by atoms with E-state index >= 15 is 0 Å². The zero-order chi connectivity index (χ0) is 33.6. The first-order chi connectivity index (χ1) is 22.7. The highest BCUT2D eigenvalue weighted by atomic mass is 35.5. The number of carbonyl (C=O) groups excluding carboxylic acids is 5. The highest BCUT2D eigenvalue weighted by molar-refractivity contribution is 7.14. The van der Waals surface area contributed by atoms with Gasteiger partial charge in [-0.1, -0.05) is 65.8 Å². The Labute approximate surface area is 276 Å². The number of ether oxygens (including phenoxy) is 2. The number of hydrogen-bond acceptors (Lipinski definition) is 13. The van der Waals surface area contributed by atoms with Gasteiger partial charge in [0.1, 0.15) is 25.3 Å². The van der Waals surface area contributed by atoms with E-state index in [9.17, 15) is 29.1 Å². The minimum Gasteiger partial charge on any atom is -0.448 e. The Bertz CT molecular complexity index is 1650. The van der Waals surface area contributed by atoms with Crippen LogP contribution < -0.4 is 10.6 Å². The topological polar surface area (TPSA) is 195 Å². The number of anilines is 1. The summed E-state index contributed by atoms with van der Waals surface area (Å²) < 4.78 is 11.4. The zero-order valence-electron chi connectivity index (χ0n) is 24.7. The van der Waals surface area contributed by atoms with Crippen molar-refractivity contribution in [2.24, 2.45) is 5.16 Å². The molecule has 2 fully saturated rings. The molecular weight excluding hydrogens is 658 g/mol. The van der Waals surface area contributed by atoms with Crippen LogP contribution in [-0.4, -0.2) is 88.0 Å². The van der Waals surface area contributed by atoms with Crippen molar-refractivity contribution in [3.05, 3.63) is 82.9 Å². The SMILES string of the molecule is CO/N=C(/C(=O)NC1(CO)CON(C2(C(=O)OC(c3ccccc3)c3ccccc3)CCC(=O)O2)C1=O)c1csc(NC(=O)CCl)n1. The normalized spacial score (nSPS) is 21.0. The van der Waals surface area contributed by atoms with Crippen LogP contribution in [0.1, 0.15) is 35.8 Å². The lowest BCUT2D eigenvalue weighted by Gasteiger charge is -2.34. The molecule has 17 heteroatoms. The van der Waals surface area contributed by atoms with Crippen LogP contribution in [0.4, 0.5) is 5.13 Å². The number of benzene rings is 2. The predicted molar refractivity (Wildman–Crippen MR) is 165 cm³/mol. The van der Waals surface area contributed by atoms with Crippen LogP contribution in [0.3, 0.4) is 0 Å². The van der Waals surface area contributed by atoms with E-state index in [1.54, 1.807) is 60.7 Å². The number of cyclic esters (lactones) is 1. The van der Waals surface area contributed by atoms with Crippen LogP contribution in [0.5, 0.6) is 0 Å². The van der Waals surface area contributed by atoms with Gasteiger partial charge in [0.2, 0.25) is 5.91 Å². The number of oxime groups is 1. The molecule has 15 nitrogen and oxygen atoms in total. The molecule has 2 aromatic carbocycles. The van der Waals surface area contributed by atoms with Crippen LogP contribution in [0.2, 0.25) is 0 Å². The van der Waals surface area contributed by atoms with Crippen molar-refractivity contribution in [2.75, 3.05) is 31.5 Å². The number of nitrogens with one attached hydrogen (secondary N) is 2. The van der Waals surface area contributed by atoms with E-state index in [1.165, 1.54) is 12.5 Å². The van der Waals surface area contributed by atoms with Gasteiger partial charge in [0.05, 0.1) is 13.0 Å². The molecule has 5 rings (SSSR count). The first kappa shape index (κ1) is 33.5. The highest BCUT2D eigenvalue weighted by Gasteiger charge is 2.64. The average molecular weight is 686 g/mol. The molecule has 0 spiro atoms. The Morgan fingerprint density at radius 1 is 1.13 bits per heavy atom. The zero-order valence-corrected chi connectivity index (χ0v) is 26.3. The molecule has 0 saturated carbocycles. The number of halogens is 1. The number of aliphatic hydroxyl groups is 1. The lowest BCUT2D eigenvalue weighted by atomic mass is 9.99. The van der Waals surface area contributed by atoms with Crippen molar-refractivity contribution < 1.29 is 48.2 Å². The number of hydroxylamine groups is 2. The summed E-state index contributed by atoms with van der Waals surface area (Å²) in [4.78, 5) is 80.1. The van der Waals surface area contributed by atoms with Crippen molar-refractivity contribution in [1.29, 1.82) is 0 Å². The highest BCUT2D eigenvalue weighted by Crippen LogP contribution is 2.39. The van der Waals surface area contributed by atoms with Crippen molar-refractivity contribution in [2.45, 2.75) is 30.2 Å². The van der Waals surface area contributed by atoms with Gasteiger partial charge < -0.3 is 30.1 Å². The van der Waals surface area contributed by atoms with Gasteiger partial charge in [0, 0.05) is 11.8 Å². The fraction of sp³-hybridized carbons (Fsp3) is 0.300. The fourth-order valence-corrected chi connectivity index (χ4v) is 5.66. The first-order valence-electron chi connectivity index (χ1n) is 14.0. The number of thiazole rings is 1. The summed E-state index contributed by atoms with van der Waals surface area (Å²) in [5.41, 5.74) is -3.76. The van der Waals surface area contributed by atoms with Crippen LogP contribution in [0.15, 0.2) is 71.2 Å². The number of carbonyl (C=O) groups is 5. The predicted octanol–water partition coefficient (Wildman–Crippen LogP) is 1.66. The molecule has 3 aromatic rings. The summed E-state index contributed by atoms with van der Waals surface area (Å²) in [6.45, 7) is -1.64. The Hall–Kier alpha value is -4.90. The molecule has 2 unspecified atom stereocenters. The maximum atomic E-state index is 14.0. The van der Waals surface area contributed by atoms with Gasteiger partial charge in [-0.2, -0.15) is 5.06 Å². The van der Waals surface area contributed by atoms with Gasteiger partial charge in [-0.05, 0) is 11.1 Å². The standard InChI is InChI=1S/C30H28ClN5O10S/c1-43-35-23(20-15-47-28(32-20)33-21(38)14-31)25(40)34-29(16-37)17-44-36(26(29)41)30(13-12-22(39)46-30)27(42)45-24(18-8-4-2-5-9-18)19-10-6-3-7-11-19/h2-11,15,24,37H,12-14,16-17H2,1H3,(H,34,40)(H,32,33,38)/b35-23+. The van der Waals surface area contributed by atoms with E-state index in [0.29, 0.717) is 16.2 Å². The van der Waals surface area contributed by atoms with Gasteiger partial charge >= 0.3 is 17.7 Å². The molecule has 3 amide bonds. The van der Waals surface area contributed by atoms with Crippen LogP contribution in [-0.2, 0) is 43.1 Å². The average Bonchev–Trinajstić information content (AvgIpc) is 3.81. The second-order valence-electron chi connectivity index (χ2n) is 10.3. The van der Waals surface area contributed by atoms with E-state index in [4.69, 9.17) is 30.7 Å². The van der Waals surface area contributed by atoms with Gasteiger partial charge in [-0.25, -0.2) is 9.78 Å². The van der Waals surface area contributed by atoms with Gasteiger partial charge in [-0.3, -0.25) is 24.0 Å². The molecule has 3 N–H and O–H groups in total. The minimum atomic E-state index is -2.37. The Balaban J connectivity index is 1.41. The van der Waals surface area contributed by atoms with Crippen LogP contribution >= 0.6 is 22.9 Å². The second-order valence-corrected chi connectivity index (χ2v) is 11.4. The minimum absolute atomic E-state index is 0.0341. The smallest absolute Gasteiger partial charge is 0.376 e. The van der Waals surface area contributed by atoms with E-state index in [1.807, 2.05) is 0 Å². The molecule has 2 aliphatic heterocycles. The number of aliphatic hydroxyl groups excluding tert-OH is 1. The molecule has 0 bridgehead atoms. The Kier molecular flexibility index (Phi) is 10.1. The Morgan fingerprint density at radius 2 is 1.79 bits per heavy atom. The number of hydrogen-bond donors (Lipinski definition) is 3. The summed E-state index contributed by atoms with van der Waals surface area (Å²) in [7, 11) is 1.17. The number of nitrogens with zero attached hydrogens (tertiary/aromatic N) is 3. The molecular formula is C30H28ClN5O10S. The van der Waals surface area contributed by atoms with Gasteiger partial charge in [0.15, 0.2) is 22.5 Å². The maximum Gasteiger partial charge on any atom is 0.376 e. The number of rotatable bonds is 12. The lowest BCUT2D eigenvalue weighted by Crippen LogP contribution is -2.63. The van der Waals surface area contributed by atoms with Crippen molar-refractivity contribution >= 4 is 63.4 Å². The first-order valence-corrected chi connectivity index (χ1v) is 15.4. The third-order valence-corrected chi connectivity index (χ3v) is 8.20. The van der Waals surface area contributed by atoms with Crippen molar-refractivity contribution in [3.63, 3.8) is 0 Å². The number of amides is 3. The van der Waals surface area contributed by atoms with E-state index in [2.05, 4.69) is 20.8 Å². The molecule has 246 valence electrons. The second kappa shape index (κ2) is 14.3. The fourth-order valence-electron chi connectivity index (χ4n) is 4.88. The van der Waals surface area contributed by atoms with E-state index < -0.39 is 66.0 Å². The number of alkyl halides is 1. The summed E-state index contributed by atoms with van der Waals surface area (Å²) in [6.07, 6.45) is -1.53. The third-order valence-electron chi connectivity index (χ3n) is 7.20. The largest absolute Gasteiger partial charge is 0.448 e. The van der Waals surface area contributed by atoms with Crippen molar-refractivity contribution in [1.82, 2.24) is 15.4 Å². The number of esters is 2. The van der Waals surface area contributed by atoms with E-state index in [-0.39, 0.29) is 29.5 Å².